The molecule has 0 saturated heterocycles. The molecular formula is C25H28N6O5. The maximum Gasteiger partial charge on any atom is 0.205 e. The van der Waals surface area contributed by atoms with Crippen LogP contribution in [0, 0.1) is 0 Å². The lowest BCUT2D eigenvalue weighted by molar-refractivity contribution is -0.180. The van der Waals surface area contributed by atoms with Gasteiger partial charge < -0.3 is 18.9 Å². The average Bonchev–Trinajstić information content (AvgIpc) is 2.83. The van der Waals surface area contributed by atoms with Crippen LogP contribution in [-0.2, 0) is 27.5 Å². The van der Waals surface area contributed by atoms with Crippen molar-refractivity contribution < 1.29 is 23.7 Å². The zero-order chi connectivity index (χ0) is 25.9. The van der Waals surface area contributed by atoms with Crippen LogP contribution in [-0.4, -0.2) is 30.4 Å². The van der Waals surface area contributed by atoms with E-state index in [1.807, 2.05) is 39.8 Å². The van der Waals surface area contributed by atoms with Crippen LogP contribution in [0.25, 0.3) is 20.9 Å². The molecule has 11 heteroatoms. The van der Waals surface area contributed by atoms with Gasteiger partial charge in [-0.2, -0.15) is 0 Å². The zero-order valence-electron chi connectivity index (χ0n) is 20.7. The molecule has 0 saturated carbocycles. The first-order valence-electron chi connectivity index (χ1n) is 11.6. The number of hydrogen-bond donors (Lipinski definition) is 0. The highest BCUT2D eigenvalue weighted by atomic mass is 16.7. The molecule has 0 fully saturated rings. The van der Waals surface area contributed by atoms with Crippen LogP contribution in [0.4, 0.5) is 0 Å². The maximum absolute atomic E-state index is 13.9. The Kier molecular flexibility index (Phi) is 7.10. The lowest BCUT2D eigenvalue weighted by Crippen LogP contribution is -2.35. The van der Waals surface area contributed by atoms with E-state index in [-0.39, 0.29) is 18.9 Å². The van der Waals surface area contributed by atoms with Crippen molar-refractivity contribution in [3.63, 3.8) is 0 Å². The van der Waals surface area contributed by atoms with Crippen LogP contribution >= 0.6 is 0 Å². The Hall–Kier alpha value is -3.75. The fraction of sp³-hybridized carbons (Fsp3) is 0.480. The van der Waals surface area contributed by atoms with Gasteiger partial charge >= 0.3 is 0 Å². The normalized spacial score (nSPS) is 18.6. The number of Topliss-reactive ketones (excluding diaryl/α,β-unsaturated/α-hetero) is 1. The quantitative estimate of drug-likeness (QED) is 0.250. The molecule has 0 bridgehead atoms. The molecule has 36 heavy (non-hydrogen) atoms. The molecule has 2 aromatic rings. The highest BCUT2D eigenvalue weighted by molar-refractivity contribution is 5.92. The van der Waals surface area contributed by atoms with E-state index < -0.39 is 23.4 Å². The van der Waals surface area contributed by atoms with Crippen molar-refractivity contribution >= 4 is 5.78 Å². The minimum Gasteiger partial charge on any atom is -0.463 e. The summed E-state index contributed by atoms with van der Waals surface area (Å²) >= 11 is 0. The van der Waals surface area contributed by atoms with E-state index in [0.29, 0.717) is 35.8 Å². The molecule has 2 aliphatic heterocycles. The second-order valence-electron chi connectivity index (χ2n) is 9.65. The average molecular weight is 493 g/mol. The standard InChI is InChI=1S/C25H28N6O5/c1-24(2)33-13-17-9-15(5-7-21(17)35-24)19(11-28-30-26)23(32)20(12-29-31-27)16-6-8-22-18(10-16)14-34-25(3,4)36-22/h5-10,19-20H,11-14H2,1-4H3. The van der Waals surface area contributed by atoms with Gasteiger partial charge in [0.15, 0.2) is 0 Å². The number of rotatable bonds is 8. The van der Waals surface area contributed by atoms with Crippen molar-refractivity contribution in [2.45, 2.75) is 64.3 Å². The monoisotopic (exact) mass is 492 g/mol. The van der Waals surface area contributed by atoms with Crippen LogP contribution in [0.5, 0.6) is 11.5 Å². The lowest BCUT2D eigenvalue weighted by atomic mass is 9.82. The third kappa shape index (κ3) is 5.56. The maximum atomic E-state index is 13.9. The van der Waals surface area contributed by atoms with E-state index in [2.05, 4.69) is 20.1 Å². The minimum atomic E-state index is -0.762. The molecule has 2 aromatic carbocycles. The Labute approximate surface area is 208 Å². The summed E-state index contributed by atoms with van der Waals surface area (Å²) < 4.78 is 23.2. The number of nitrogens with zero attached hydrogens (tertiary/aromatic N) is 6. The van der Waals surface area contributed by atoms with Gasteiger partial charge in [-0.05, 0) is 46.5 Å². The first-order valence-corrected chi connectivity index (χ1v) is 11.6. The zero-order valence-corrected chi connectivity index (χ0v) is 20.7. The first-order chi connectivity index (χ1) is 17.1. The van der Waals surface area contributed by atoms with E-state index in [1.165, 1.54) is 0 Å². The van der Waals surface area contributed by atoms with E-state index in [0.717, 1.165) is 11.1 Å². The van der Waals surface area contributed by atoms with Gasteiger partial charge in [-0.3, -0.25) is 4.79 Å². The summed E-state index contributed by atoms with van der Waals surface area (Å²) in [6, 6.07) is 10.8. The molecule has 0 aliphatic carbocycles. The number of carbonyl (C=O) groups is 1. The fourth-order valence-electron chi connectivity index (χ4n) is 4.35. The van der Waals surface area contributed by atoms with Gasteiger partial charge in [0, 0.05) is 73.6 Å². The molecule has 2 unspecified atom stereocenters. The number of ketones is 1. The summed E-state index contributed by atoms with van der Waals surface area (Å²) in [7, 11) is 0. The molecule has 188 valence electrons. The number of benzene rings is 2. The Morgan fingerprint density at radius 2 is 1.25 bits per heavy atom. The minimum absolute atomic E-state index is 0.0839. The van der Waals surface area contributed by atoms with E-state index in [1.54, 1.807) is 24.3 Å². The number of ether oxygens (including phenoxy) is 4. The predicted octanol–water partition coefficient (Wildman–Crippen LogP) is 6.03. The third-order valence-electron chi connectivity index (χ3n) is 6.18. The number of fused-ring (bicyclic) bond motifs is 2. The van der Waals surface area contributed by atoms with E-state index >= 15 is 0 Å². The molecular weight excluding hydrogens is 464 g/mol. The predicted molar refractivity (Wildman–Crippen MR) is 130 cm³/mol. The summed E-state index contributed by atoms with van der Waals surface area (Å²) in [5.41, 5.74) is 20.9. The number of hydrogen-bond acceptors (Lipinski definition) is 7. The summed E-state index contributed by atoms with van der Waals surface area (Å²) in [4.78, 5) is 19.6. The summed E-state index contributed by atoms with van der Waals surface area (Å²) in [5, 5.41) is 7.40. The van der Waals surface area contributed by atoms with Gasteiger partial charge in [0.05, 0.1) is 13.2 Å². The van der Waals surface area contributed by atoms with Crippen molar-refractivity contribution in [1.82, 2.24) is 0 Å². The third-order valence-corrected chi connectivity index (χ3v) is 6.18. The van der Waals surface area contributed by atoms with Crippen LogP contribution in [0.2, 0.25) is 0 Å². The van der Waals surface area contributed by atoms with Crippen molar-refractivity contribution in [3.05, 3.63) is 79.5 Å². The van der Waals surface area contributed by atoms with Crippen LogP contribution in [0.1, 0.15) is 61.8 Å². The summed E-state index contributed by atoms with van der Waals surface area (Å²) in [5.74, 6) is -1.90. The molecule has 0 amide bonds. The fourth-order valence-corrected chi connectivity index (χ4v) is 4.35. The van der Waals surface area contributed by atoms with Crippen molar-refractivity contribution in [3.8, 4) is 11.5 Å². The van der Waals surface area contributed by atoms with Crippen LogP contribution in [0.15, 0.2) is 46.6 Å². The molecule has 2 heterocycles. The summed E-state index contributed by atoms with van der Waals surface area (Å²) in [6.45, 7) is 7.78. The van der Waals surface area contributed by atoms with Gasteiger partial charge in [-0.1, -0.05) is 22.4 Å². The van der Waals surface area contributed by atoms with Gasteiger partial charge in [0.1, 0.15) is 17.3 Å². The topological polar surface area (TPSA) is 152 Å². The van der Waals surface area contributed by atoms with Gasteiger partial charge in [-0.15, -0.1) is 0 Å². The highest BCUT2D eigenvalue weighted by Gasteiger charge is 2.33. The van der Waals surface area contributed by atoms with Gasteiger partial charge in [0.2, 0.25) is 11.6 Å². The SMILES string of the molecule is CC1(C)OCc2cc(C(CN=[N+]=[N-])C(=O)C(CN=[N+]=[N-])c3ccc4c(c3)COC(C)(C)O4)ccc2O1. The lowest BCUT2D eigenvalue weighted by Gasteiger charge is -2.33. The number of azide groups is 2. The second kappa shape index (κ2) is 10.1. The Balaban J connectivity index is 1.69. The Bertz CT molecular complexity index is 1170. The molecule has 4 rings (SSSR count). The molecule has 0 radical (unpaired) electrons. The molecule has 0 aromatic heterocycles. The van der Waals surface area contributed by atoms with Crippen molar-refractivity contribution in [1.29, 1.82) is 0 Å². The van der Waals surface area contributed by atoms with E-state index in [4.69, 9.17) is 30.0 Å². The van der Waals surface area contributed by atoms with Crippen LogP contribution in [0.3, 0.4) is 0 Å². The van der Waals surface area contributed by atoms with Crippen LogP contribution < -0.4 is 9.47 Å². The van der Waals surface area contributed by atoms with Crippen molar-refractivity contribution in [2.24, 2.45) is 10.2 Å². The molecule has 2 atom stereocenters. The molecule has 2 aliphatic rings. The summed E-state index contributed by atoms with van der Waals surface area (Å²) in [6.07, 6.45) is 0. The van der Waals surface area contributed by atoms with Gasteiger partial charge in [0.25, 0.3) is 0 Å². The largest absolute Gasteiger partial charge is 0.463 e. The smallest absolute Gasteiger partial charge is 0.205 e. The molecule has 11 nitrogen and oxygen atoms in total. The van der Waals surface area contributed by atoms with Crippen molar-refractivity contribution in [2.75, 3.05) is 13.1 Å². The first kappa shape index (κ1) is 25.3. The Morgan fingerprint density at radius 3 is 1.64 bits per heavy atom. The molecule has 0 N–H and O–H groups in total. The highest BCUT2D eigenvalue weighted by Crippen LogP contribution is 2.37. The second-order valence-corrected chi connectivity index (χ2v) is 9.65. The van der Waals surface area contributed by atoms with Gasteiger partial charge in [-0.25, -0.2) is 0 Å². The Morgan fingerprint density at radius 1 is 0.833 bits per heavy atom. The van der Waals surface area contributed by atoms with E-state index in [9.17, 15) is 4.79 Å². The molecule has 0 spiro atoms. The number of carbonyl (C=O) groups excluding carboxylic acids is 1.